The Bertz CT molecular complexity index is 426. The van der Waals surface area contributed by atoms with Gasteiger partial charge in [0.2, 0.25) is 0 Å². The van der Waals surface area contributed by atoms with Gasteiger partial charge >= 0.3 is 0 Å². The Morgan fingerprint density at radius 3 is 2.89 bits per heavy atom. The van der Waals surface area contributed by atoms with Gasteiger partial charge in [0.1, 0.15) is 5.60 Å². The van der Waals surface area contributed by atoms with Crippen LogP contribution >= 0.6 is 0 Å². The zero-order valence-corrected chi connectivity index (χ0v) is 11.5. The highest BCUT2D eigenvalue weighted by Gasteiger charge is 2.34. The average molecular weight is 263 g/mol. The van der Waals surface area contributed by atoms with Gasteiger partial charge in [0, 0.05) is 32.4 Å². The Balaban J connectivity index is 1.72. The number of nitrogens with zero attached hydrogens (tertiary/aromatic N) is 3. The Morgan fingerprint density at radius 2 is 2.16 bits per heavy atom. The molecule has 19 heavy (non-hydrogen) atoms. The van der Waals surface area contributed by atoms with Gasteiger partial charge in [-0.3, -0.25) is 4.90 Å². The van der Waals surface area contributed by atoms with Crippen LogP contribution in [-0.4, -0.2) is 47.8 Å². The molecule has 1 aromatic heterocycles. The number of aromatic nitrogens is 2. The highest BCUT2D eigenvalue weighted by molar-refractivity contribution is 5.09. The number of hydrogen-bond acceptors (Lipinski definition) is 5. The van der Waals surface area contributed by atoms with Crippen LogP contribution in [-0.2, 0) is 21.6 Å². The summed E-state index contributed by atoms with van der Waals surface area (Å²) in [6, 6.07) is 2.00. The lowest BCUT2D eigenvalue weighted by atomic mass is 10.0. The minimum Gasteiger partial charge on any atom is -0.379 e. The maximum Gasteiger partial charge on any atom is 0.160 e. The summed E-state index contributed by atoms with van der Waals surface area (Å²) in [7, 11) is 0. The summed E-state index contributed by atoms with van der Waals surface area (Å²) in [5.41, 5.74) is 0.782. The lowest BCUT2D eigenvalue weighted by Crippen LogP contribution is -2.36. The van der Waals surface area contributed by atoms with E-state index in [4.69, 9.17) is 14.5 Å². The smallest absolute Gasteiger partial charge is 0.160 e. The van der Waals surface area contributed by atoms with Gasteiger partial charge in [-0.25, -0.2) is 9.97 Å². The van der Waals surface area contributed by atoms with Crippen LogP contribution in [0.5, 0.6) is 0 Å². The molecule has 0 amide bonds. The van der Waals surface area contributed by atoms with Crippen molar-refractivity contribution in [1.29, 1.82) is 0 Å². The molecule has 0 aliphatic carbocycles. The fourth-order valence-electron chi connectivity index (χ4n) is 2.68. The highest BCUT2D eigenvalue weighted by Crippen LogP contribution is 2.33. The van der Waals surface area contributed by atoms with Gasteiger partial charge in [-0.15, -0.1) is 0 Å². The molecule has 3 heterocycles. The van der Waals surface area contributed by atoms with Crippen molar-refractivity contribution in [2.45, 2.75) is 31.9 Å². The molecular weight excluding hydrogens is 242 g/mol. The number of rotatable bonds is 3. The van der Waals surface area contributed by atoms with E-state index in [9.17, 15) is 0 Å². The molecule has 0 bridgehead atoms. The van der Waals surface area contributed by atoms with Crippen LogP contribution in [0.1, 0.15) is 31.3 Å². The van der Waals surface area contributed by atoms with Crippen LogP contribution < -0.4 is 0 Å². The second-order valence-electron chi connectivity index (χ2n) is 5.44. The van der Waals surface area contributed by atoms with Crippen LogP contribution in [0.25, 0.3) is 0 Å². The number of ether oxygens (including phenoxy) is 2. The van der Waals surface area contributed by atoms with Gasteiger partial charge in [0.25, 0.3) is 0 Å². The Hall–Kier alpha value is -1.04. The van der Waals surface area contributed by atoms with Crippen LogP contribution in [0, 0.1) is 0 Å². The summed E-state index contributed by atoms with van der Waals surface area (Å²) in [5, 5.41) is 0. The van der Waals surface area contributed by atoms with Crippen molar-refractivity contribution in [2.24, 2.45) is 0 Å². The molecule has 2 saturated heterocycles. The third-order valence-corrected chi connectivity index (χ3v) is 3.89. The number of morpholine rings is 1. The first-order chi connectivity index (χ1) is 9.26. The van der Waals surface area contributed by atoms with Gasteiger partial charge in [0.05, 0.1) is 18.9 Å². The maximum atomic E-state index is 5.81. The third-order valence-electron chi connectivity index (χ3n) is 3.89. The van der Waals surface area contributed by atoms with Crippen molar-refractivity contribution < 1.29 is 9.47 Å². The summed E-state index contributed by atoms with van der Waals surface area (Å²) in [6.07, 6.45) is 3.95. The average Bonchev–Trinajstić information content (AvgIpc) is 2.89. The summed E-state index contributed by atoms with van der Waals surface area (Å²) in [4.78, 5) is 11.5. The van der Waals surface area contributed by atoms with Crippen molar-refractivity contribution in [3.05, 3.63) is 23.8 Å². The van der Waals surface area contributed by atoms with Gasteiger partial charge < -0.3 is 9.47 Å². The first-order valence-electron chi connectivity index (χ1n) is 7.03. The lowest BCUT2D eigenvalue weighted by molar-refractivity contribution is 0.00852. The topological polar surface area (TPSA) is 47.5 Å². The molecule has 0 saturated carbocycles. The van der Waals surface area contributed by atoms with Crippen LogP contribution in [0.2, 0.25) is 0 Å². The Labute approximate surface area is 113 Å². The Kier molecular flexibility index (Phi) is 3.77. The lowest BCUT2D eigenvalue weighted by Gasteiger charge is -2.27. The van der Waals surface area contributed by atoms with Crippen LogP contribution in [0.15, 0.2) is 12.3 Å². The minimum absolute atomic E-state index is 0.291. The van der Waals surface area contributed by atoms with Crippen LogP contribution in [0.4, 0.5) is 0 Å². The molecule has 2 aliphatic rings. The van der Waals surface area contributed by atoms with Gasteiger partial charge in [-0.2, -0.15) is 0 Å². The predicted molar refractivity (Wildman–Crippen MR) is 70.7 cm³/mol. The highest BCUT2D eigenvalue weighted by atomic mass is 16.5. The second kappa shape index (κ2) is 5.53. The van der Waals surface area contributed by atoms with Gasteiger partial charge in [-0.1, -0.05) is 0 Å². The molecule has 2 aliphatic heterocycles. The predicted octanol–water partition coefficient (Wildman–Crippen LogP) is 1.33. The first kappa shape index (κ1) is 13.0. The van der Waals surface area contributed by atoms with E-state index in [2.05, 4.69) is 16.8 Å². The molecule has 1 atom stereocenters. The van der Waals surface area contributed by atoms with E-state index in [0.717, 1.165) is 63.8 Å². The molecule has 0 N–H and O–H groups in total. The van der Waals surface area contributed by atoms with E-state index in [-0.39, 0.29) is 5.60 Å². The molecule has 2 fully saturated rings. The SMILES string of the molecule is C[C@@]1(c2nccc(CN3CCOCC3)n2)CCCO1. The van der Waals surface area contributed by atoms with Gasteiger partial charge in [0.15, 0.2) is 5.82 Å². The van der Waals surface area contributed by atoms with Gasteiger partial charge in [-0.05, 0) is 25.8 Å². The van der Waals surface area contributed by atoms with Crippen molar-refractivity contribution in [3.63, 3.8) is 0 Å². The first-order valence-corrected chi connectivity index (χ1v) is 7.03. The minimum atomic E-state index is -0.291. The summed E-state index contributed by atoms with van der Waals surface area (Å²) >= 11 is 0. The fraction of sp³-hybridized carbons (Fsp3) is 0.714. The van der Waals surface area contributed by atoms with E-state index in [0.29, 0.717) is 0 Å². The monoisotopic (exact) mass is 263 g/mol. The fourth-order valence-corrected chi connectivity index (χ4v) is 2.68. The molecular formula is C14H21N3O2. The summed E-state index contributed by atoms with van der Waals surface area (Å²) in [6.45, 7) is 7.37. The van der Waals surface area contributed by atoms with Crippen molar-refractivity contribution >= 4 is 0 Å². The van der Waals surface area contributed by atoms with E-state index < -0.39 is 0 Å². The van der Waals surface area contributed by atoms with Crippen LogP contribution in [0.3, 0.4) is 0 Å². The standard InChI is InChI=1S/C14H21N3O2/c1-14(4-2-8-19-14)13-15-5-3-12(16-13)11-17-6-9-18-10-7-17/h3,5H,2,4,6-11H2,1H3/t14-/m0/s1. The maximum absolute atomic E-state index is 5.81. The molecule has 104 valence electrons. The van der Waals surface area contributed by atoms with Crippen molar-refractivity contribution in [3.8, 4) is 0 Å². The molecule has 0 aromatic carbocycles. The quantitative estimate of drug-likeness (QED) is 0.823. The van der Waals surface area contributed by atoms with E-state index in [1.165, 1.54) is 0 Å². The normalized spacial score (nSPS) is 28.7. The third kappa shape index (κ3) is 2.94. The molecule has 0 spiro atoms. The molecule has 5 heteroatoms. The van der Waals surface area contributed by atoms with E-state index in [1.54, 1.807) is 0 Å². The number of hydrogen-bond donors (Lipinski definition) is 0. The Morgan fingerprint density at radius 1 is 1.32 bits per heavy atom. The zero-order valence-electron chi connectivity index (χ0n) is 11.5. The molecule has 3 rings (SSSR count). The van der Waals surface area contributed by atoms with E-state index >= 15 is 0 Å². The molecule has 1 aromatic rings. The molecule has 5 nitrogen and oxygen atoms in total. The van der Waals surface area contributed by atoms with Crippen molar-refractivity contribution in [2.75, 3.05) is 32.9 Å². The molecule has 0 radical (unpaired) electrons. The van der Waals surface area contributed by atoms with Crippen molar-refractivity contribution in [1.82, 2.24) is 14.9 Å². The summed E-state index contributed by atoms with van der Waals surface area (Å²) in [5.74, 6) is 0.829. The van der Waals surface area contributed by atoms with E-state index in [1.807, 2.05) is 12.3 Å². The zero-order chi connectivity index (χ0) is 13.1. The largest absolute Gasteiger partial charge is 0.379 e. The second-order valence-corrected chi connectivity index (χ2v) is 5.44. The summed E-state index contributed by atoms with van der Waals surface area (Å²) < 4.78 is 11.2. The molecule has 0 unspecified atom stereocenters.